The fourth-order valence-corrected chi connectivity index (χ4v) is 3.34. The van der Waals surface area contributed by atoms with Gasteiger partial charge in [-0.3, -0.25) is 9.82 Å². The van der Waals surface area contributed by atoms with Crippen LogP contribution < -0.4 is 5.84 Å². The minimum absolute atomic E-state index is 0.0895. The summed E-state index contributed by atoms with van der Waals surface area (Å²) in [4.78, 5) is 8.65. The third kappa shape index (κ3) is 3.83. The third-order valence-electron chi connectivity index (χ3n) is 4.42. The number of nitrogens with two attached hydrogens (primary N) is 1. The molecule has 1 aliphatic rings. The molecule has 2 aromatic rings. The first-order valence-electron chi connectivity index (χ1n) is 7.75. The monoisotopic (exact) mass is 389 g/mol. The van der Waals surface area contributed by atoms with Crippen LogP contribution >= 0.6 is 11.6 Å². The molecular formula is C17H16ClF4N3O. The largest absolute Gasteiger partial charge is 0.416 e. The second-order valence-electron chi connectivity index (χ2n) is 6.56. The van der Waals surface area contributed by atoms with Gasteiger partial charge in [-0.15, -0.1) is 5.17 Å². The molecule has 2 N–H and O–H groups in total. The molecule has 1 aromatic heterocycles. The fraction of sp³-hybridized carbons (Fsp3) is 0.353. The Hall–Kier alpha value is -1.74. The Kier molecular flexibility index (Phi) is 4.96. The summed E-state index contributed by atoms with van der Waals surface area (Å²) in [7, 11) is 0. The smallest absolute Gasteiger partial charge is 0.271 e. The first kappa shape index (κ1) is 19.0. The molecule has 9 heteroatoms. The van der Waals surface area contributed by atoms with Crippen molar-refractivity contribution in [2.45, 2.75) is 31.0 Å². The lowest BCUT2D eigenvalue weighted by Gasteiger charge is -2.42. The van der Waals surface area contributed by atoms with Crippen LogP contribution in [0.25, 0.3) is 11.1 Å². The fourth-order valence-electron chi connectivity index (χ4n) is 3.16. The Morgan fingerprint density at radius 2 is 2.00 bits per heavy atom. The maximum Gasteiger partial charge on any atom is 0.416 e. The first-order valence-corrected chi connectivity index (χ1v) is 8.13. The molecule has 0 unspecified atom stereocenters. The topological polar surface area (TPSA) is 51.4 Å². The second-order valence-corrected chi connectivity index (χ2v) is 7.00. The van der Waals surface area contributed by atoms with E-state index in [1.807, 2.05) is 0 Å². The van der Waals surface area contributed by atoms with E-state index in [-0.39, 0.29) is 12.1 Å². The molecule has 0 spiro atoms. The van der Waals surface area contributed by atoms with Crippen molar-refractivity contribution in [3.8, 4) is 11.1 Å². The van der Waals surface area contributed by atoms with Gasteiger partial charge in [0.1, 0.15) is 5.82 Å². The number of aromatic nitrogens is 1. The standard InChI is InChI=1S/C17H16ClF4N3O/c1-16(6-15(17(20,21)22)26-25(23)9-16)13-5-10(2-3-14(13)19)11-4-12(18)8-24-7-11/h2-5,7-8,15H,6,9,23H2,1H3/t15-,16+/m0/s1. The molecule has 0 aliphatic carbocycles. The molecule has 2 heterocycles. The summed E-state index contributed by atoms with van der Waals surface area (Å²) in [5.41, 5.74) is 0.157. The van der Waals surface area contributed by atoms with Crippen LogP contribution in [0.15, 0.2) is 36.7 Å². The first-order chi connectivity index (χ1) is 12.1. The van der Waals surface area contributed by atoms with Crippen LogP contribution in [0, 0.1) is 5.82 Å². The summed E-state index contributed by atoms with van der Waals surface area (Å²) in [6.07, 6.45) is -4.16. The van der Waals surface area contributed by atoms with Gasteiger partial charge in [0.2, 0.25) is 0 Å². The number of alkyl halides is 3. The van der Waals surface area contributed by atoms with Crippen LogP contribution in [-0.4, -0.2) is 29.0 Å². The Labute approximate surface area is 152 Å². The maximum atomic E-state index is 14.5. The van der Waals surface area contributed by atoms with E-state index in [1.54, 1.807) is 12.3 Å². The van der Waals surface area contributed by atoms with E-state index in [2.05, 4.69) is 9.82 Å². The highest BCUT2D eigenvalue weighted by molar-refractivity contribution is 6.30. The van der Waals surface area contributed by atoms with Crippen molar-refractivity contribution < 1.29 is 22.4 Å². The minimum Gasteiger partial charge on any atom is -0.271 e. The molecule has 0 radical (unpaired) electrons. The second kappa shape index (κ2) is 6.77. The lowest BCUT2D eigenvalue weighted by atomic mass is 9.75. The van der Waals surface area contributed by atoms with Crippen LogP contribution in [-0.2, 0) is 10.3 Å². The molecule has 140 valence electrons. The molecule has 1 saturated heterocycles. The van der Waals surface area contributed by atoms with E-state index in [4.69, 9.17) is 17.4 Å². The van der Waals surface area contributed by atoms with Crippen LogP contribution in [0.2, 0.25) is 5.02 Å². The molecule has 0 amide bonds. The summed E-state index contributed by atoms with van der Waals surface area (Å²) < 4.78 is 53.9. The van der Waals surface area contributed by atoms with E-state index in [0.29, 0.717) is 21.3 Å². The zero-order chi connectivity index (χ0) is 19.1. The molecule has 0 saturated carbocycles. The Morgan fingerprint density at radius 3 is 2.65 bits per heavy atom. The number of hydrogen-bond donors (Lipinski definition) is 1. The van der Waals surface area contributed by atoms with Gasteiger partial charge in [0, 0.05) is 29.9 Å². The van der Waals surface area contributed by atoms with Gasteiger partial charge in [-0.25, -0.2) is 10.2 Å². The van der Waals surface area contributed by atoms with E-state index in [9.17, 15) is 17.6 Å². The van der Waals surface area contributed by atoms with Crippen LogP contribution in [0.5, 0.6) is 0 Å². The molecule has 26 heavy (non-hydrogen) atoms. The maximum absolute atomic E-state index is 14.5. The van der Waals surface area contributed by atoms with Crippen LogP contribution in [0.1, 0.15) is 18.9 Å². The quantitative estimate of drug-likeness (QED) is 0.616. The lowest BCUT2D eigenvalue weighted by molar-refractivity contribution is -0.327. The number of hydrogen-bond acceptors (Lipinski definition) is 4. The molecule has 2 atom stereocenters. The highest BCUT2D eigenvalue weighted by Gasteiger charge is 2.50. The summed E-state index contributed by atoms with van der Waals surface area (Å²) in [6.45, 7) is 1.44. The number of rotatable bonds is 2. The van der Waals surface area contributed by atoms with Crippen molar-refractivity contribution in [1.29, 1.82) is 0 Å². The summed E-state index contributed by atoms with van der Waals surface area (Å²) in [5.74, 6) is 4.91. The van der Waals surface area contributed by atoms with Gasteiger partial charge in [0.05, 0.1) is 5.02 Å². The van der Waals surface area contributed by atoms with Crippen molar-refractivity contribution in [2.24, 2.45) is 5.84 Å². The Balaban J connectivity index is 2.03. The van der Waals surface area contributed by atoms with E-state index in [0.717, 1.165) is 0 Å². The summed E-state index contributed by atoms with van der Waals surface area (Å²) in [6, 6.07) is 5.90. The molecule has 0 bridgehead atoms. The van der Waals surface area contributed by atoms with Crippen LogP contribution in [0.4, 0.5) is 17.6 Å². The van der Waals surface area contributed by atoms with E-state index < -0.39 is 29.9 Å². The molecular weight excluding hydrogens is 374 g/mol. The number of halogens is 5. The number of benzene rings is 1. The zero-order valence-corrected chi connectivity index (χ0v) is 14.5. The van der Waals surface area contributed by atoms with Crippen molar-refractivity contribution in [3.05, 3.63) is 53.1 Å². The predicted octanol–water partition coefficient (Wildman–Crippen LogP) is 4.24. The molecule has 3 rings (SSSR count). The number of pyridine rings is 1. The van der Waals surface area contributed by atoms with E-state index in [1.165, 1.54) is 31.3 Å². The number of nitrogens with zero attached hydrogens (tertiary/aromatic N) is 2. The van der Waals surface area contributed by atoms with Gasteiger partial charge in [0.25, 0.3) is 0 Å². The van der Waals surface area contributed by atoms with Crippen molar-refractivity contribution in [1.82, 2.24) is 10.2 Å². The highest BCUT2D eigenvalue weighted by atomic mass is 35.5. The number of hydroxylamine groups is 1. The third-order valence-corrected chi connectivity index (χ3v) is 4.63. The number of hydrazine groups is 1. The average molecular weight is 390 g/mol. The van der Waals surface area contributed by atoms with E-state index >= 15 is 0 Å². The van der Waals surface area contributed by atoms with Gasteiger partial charge >= 0.3 is 6.18 Å². The summed E-state index contributed by atoms with van der Waals surface area (Å²) in [5, 5.41) is 1.02. The SMILES string of the molecule is C[C@@]1(c2cc(-c3cncc(Cl)c3)ccc2F)C[C@@H](C(F)(F)F)ON(N)C1. The molecule has 4 nitrogen and oxygen atoms in total. The van der Waals surface area contributed by atoms with Gasteiger partial charge in [-0.2, -0.15) is 13.2 Å². The average Bonchev–Trinajstić information content (AvgIpc) is 2.53. The van der Waals surface area contributed by atoms with Gasteiger partial charge in [-0.1, -0.05) is 24.6 Å². The van der Waals surface area contributed by atoms with Crippen molar-refractivity contribution in [3.63, 3.8) is 0 Å². The molecule has 1 aromatic carbocycles. The van der Waals surface area contributed by atoms with Gasteiger partial charge in [0.15, 0.2) is 6.10 Å². The summed E-state index contributed by atoms with van der Waals surface area (Å²) >= 11 is 5.93. The van der Waals surface area contributed by atoms with Gasteiger partial charge in [-0.05, 0) is 35.7 Å². The van der Waals surface area contributed by atoms with Crippen LogP contribution in [0.3, 0.4) is 0 Å². The van der Waals surface area contributed by atoms with Crippen molar-refractivity contribution in [2.75, 3.05) is 6.54 Å². The van der Waals surface area contributed by atoms with Gasteiger partial charge < -0.3 is 0 Å². The normalized spacial score (nSPS) is 24.7. The molecule has 1 aliphatic heterocycles. The predicted molar refractivity (Wildman–Crippen MR) is 88.4 cm³/mol. The Bertz CT molecular complexity index is 817. The molecule has 1 fully saturated rings. The lowest BCUT2D eigenvalue weighted by Crippen LogP contribution is -2.55. The highest BCUT2D eigenvalue weighted by Crippen LogP contribution is 2.41. The zero-order valence-electron chi connectivity index (χ0n) is 13.7. The Morgan fingerprint density at radius 1 is 1.27 bits per heavy atom. The minimum atomic E-state index is -4.61. The van der Waals surface area contributed by atoms with Crippen molar-refractivity contribution >= 4 is 11.6 Å².